The Morgan fingerprint density at radius 2 is 2.25 bits per heavy atom. The minimum Gasteiger partial charge on any atom is -0.462 e. The summed E-state index contributed by atoms with van der Waals surface area (Å²) in [4.78, 5) is 11.3. The van der Waals surface area contributed by atoms with E-state index in [1.807, 2.05) is 0 Å². The molecular formula is C11H17Cl2NO2. The van der Waals surface area contributed by atoms with Gasteiger partial charge in [0, 0.05) is 11.4 Å². The summed E-state index contributed by atoms with van der Waals surface area (Å²) in [5.74, 6) is -0.436. The third-order valence-corrected chi connectivity index (χ3v) is 3.51. The van der Waals surface area contributed by atoms with E-state index in [1.165, 1.54) is 0 Å². The number of carbonyl (C=O) groups is 1. The lowest BCUT2D eigenvalue weighted by Crippen LogP contribution is -2.33. The molecule has 1 fully saturated rings. The van der Waals surface area contributed by atoms with Crippen LogP contribution in [0.25, 0.3) is 0 Å². The lowest BCUT2D eigenvalue weighted by atomic mass is 9.85. The van der Waals surface area contributed by atoms with Crippen molar-refractivity contribution in [1.82, 2.24) is 0 Å². The maximum atomic E-state index is 11.3. The number of hydrogen-bond acceptors (Lipinski definition) is 3. The fraction of sp³-hybridized carbons (Fsp3) is 0.727. The van der Waals surface area contributed by atoms with Gasteiger partial charge in [-0.3, -0.25) is 0 Å². The van der Waals surface area contributed by atoms with Gasteiger partial charge < -0.3 is 10.5 Å². The zero-order chi connectivity index (χ0) is 12.1. The summed E-state index contributed by atoms with van der Waals surface area (Å²) in [7, 11) is 0. The van der Waals surface area contributed by atoms with Crippen LogP contribution in [0.2, 0.25) is 0 Å². The summed E-state index contributed by atoms with van der Waals surface area (Å²) in [6, 6.07) is 0.142. The largest absolute Gasteiger partial charge is 0.462 e. The van der Waals surface area contributed by atoms with Crippen LogP contribution in [0.1, 0.15) is 26.2 Å². The maximum absolute atomic E-state index is 11.3. The summed E-state index contributed by atoms with van der Waals surface area (Å²) in [6.07, 6.45) is 4.23. The summed E-state index contributed by atoms with van der Waals surface area (Å²) in [5, 5.41) is 0.106. The second-order valence-electron chi connectivity index (χ2n) is 3.99. The molecule has 1 saturated carbocycles. The normalized spacial score (nSPS) is 31.2. The fourth-order valence-corrected chi connectivity index (χ4v) is 2.35. The van der Waals surface area contributed by atoms with Crippen molar-refractivity contribution >= 4 is 29.2 Å². The number of alkyl halides is 1. The summed E-state index contributed by atoms with van der Waals surface area (Å²) >= 11 is 12.0. The average Bonchev–Trinajstić information content (AvgIpc) is 2.23. The topological polar surface area (TPSA) is 52.3 Å². The number of halogens is 2. The van der Waals surface area contributed by atoms with Crippen molar-refractivity contribution in [2.75, 3.05) is 6.61 Å². The Morgan fingerprint density at radius 1 is 1.56 bits per heavy atom. The highest BCUT2D eigenvalue weighted by atomic mass is 35.5. The van der Waals surface area contributed by atoms with Crippen molar-refractivity contribution in [2.45, 2.75) is 37.6 Å². The molecule has 0 amide bonds. The Kier molecular flexibility index (Phi) is 5.59. The van der Waals surface area contributed by atoms with Crippen molar-refractivity contribution in [3.8, 4) is 0 Å². The molecule has 0 saturated heterocycles. The van der Waals surface area contributed by atoms with Gasteiger partial charge >= 0.3 is 5.97 Å². The highest BCUT2D eigenvalue weighted by molar-refractivity contribution is 6.41. The molecule has 3 nitrogen and oxygen atoms in total. The summed E-state index contributed by atoms with van der Waals surface area (Å²) < 4.78 is 4.79. The molecule has 0 radical (unpaired) electrons. The maximum Gasteiger partial charge on any atom is 0.349 e. The van der Waals surface area contributed by atoms with Crippen molar-refractivity contribution in [1.29, 1.82) is 0 Å². The van der Waals surface area contributed by atoms with E-state index in [-0.39, 0.29) is 22.4 Å². The Balaban J connectivity index is 2.62. The van der Waals surface area contributed by atoms with Gasteiger partial charge in [0.1, 0.15) is 5.03 Å². The molecule has 0 spiro atoms. The van der Waals surface area contributed by atoms with Crippen molar-refractivity contribution in [3.05, 3.63) is 11.1 Å². The van der Waals surface area contributed by atoms with E-state index in [0.717, 1.165) is 19.3 Å². The van der Waals surface area contributed by atoms with Gasteiger partial charge in [0.05, 0.1) is 6.61 Å². The SMILES string of the molecule is CCOC(=O)/C(Cl)=C/C1CC(N)CCC1Cl. The van der Waals surface area contributed by atoms with Gasteiger partial charge in [-0.05, 0) is 32.1 Å². The van der Waals surface area contributed by atoms with E-state index < -0.39 is 5.97 Å². The molecule has 0 aliphatic heterocycles. The molecular weight excluding hydrogens is 249 g/mol. The van der Waals surface area contributed by atoms with E-state index in [0.29, 0.717) is 6.61 Å². The smallest absolute Gasteiger partial charge is 0.349 e. The van der Waals surface area contributed by atoms with E-state index in [2.05, 4.69) is 0 Å². The number of allylic oxidation sites excluding steroid dienone is 1. The molecule has 0 aromatic rings. The molecule has 0 aromatic carbocycles. The standard InChI is InChI=1S/C11H17Cl2NO2/c1-2-16-11(15)10(13)6-7-5-8(14)3-4-9(7)12/h6-9H,2-5,14H2,1H3/b10-6-. The first-order valence-electron chi connectivity index (χ1n) is 5.48. The Bertz CT molecular complexity index is 281. The number of esters is 1. The Hall–Kier alpha value is -0.250. The second-order valence-corrected chi connectivity index (χ2v) is 4.96. The molecule has 5 heteroatoms. The predicted octanol–water partition coefficient (Wildman–Crippen LogP) is 2.41. The summed E-state index contributed by atoms with van der Waals surface area (Å²) in [6.45, 7) is 2.06. The zero-order valence-corrected chi connectivity index (χ0v) is 10.8. The molecule has 1 rings (SSSR count). The lowest BCUT2D eigenvalue weighted by Gasteiger charge is -2.29. The molecule has 3 atom stereocenters. The molecule has 3 unspecified atom stereocenters. The third-order valence-electron chi connectivity index (χ3n) is 2.68. The van der Waals surface area contributed by atoms with Crippen LogP contribution in [-0.2, 0) is 9.53 Å². The Morgan fingerprint density at radius 3 is 2.88 bits per heavy atom. The van der Waals surface area contributed by atoms with Crippen LogP contribution in [-0.4, -0.2) is 24.0 Å². The number of nitrogens with two attached hydrogens (primary N) is 1. The summed E-state index contributed by atoms with van der Waals surface area (Å²) in [5.41, 5.74) is 5.85. The lowest BCUT2D eigenvalue weighted by molar-refractivity contribution is -0.137. The second kappa shape index (κ2) is 6.48. The van der Waals surface area contributed by atoms with Crippen molar-refractivity contribution in [3.63, 3.8) is 0 Å². The first-order valence-corrected chi connectivity index (χ1v) is 6.30. The number of ether oxygens (including phenoxy) is 1. The monoisotopic (exact) mass is 265 g/mol. The molecule has 0 aromatic heterocycles. The molecule has 92 valence electrons. The van der Waals surface area contributed by atoms with Gasteiger partial charge in [0.2, 0.25) is 0 Å². The molecule has 1 aliphatic carbocycles. The molecule has 1 aliphatic rings. The van der Waals surface area contributed by atoms with E-state index >= 15 is 0 Å². The minimum absolute atomic E-state index is 0.00276. The van der Waals surface area contributed by atoms with Gasteiger partial charge in [-0.2, -0.15) is 0 Å². The van der Waals surface area contributed by atoms with Crippen LogP contribution in [0.3, 0.4) is 0 Å². The van der Waals surface area contributed by atoms with Gasteiger partial charge in [-0.25, -0.2) is 4.79 Å². The van der Waals surface area contributed by atoms with Crippen LogP contribution < -0.4 is 5.73 Å². The average molecular weight is 266 g/mol. The van der Waals surface area contributed by atoms with E-state index in [1.54, 1.807) is 13.0 Å². The van der Waals surface area contributed by atoms with Gasteiger partial charge in [-0.15, -0.1) is 11.6 Å². The first kappa shape index (κ1) is 13.8. The van der Waals surface area contributed by atoms with Crippen molar-refractivity contribution in [2.24, 2.45) is 11.7 Å². The number of rotatable bonds is 3. The minimum atomic E-state index is -0.493. The number of carbonyl (C=O) groups excluding carboxylic acids is 1. The predicted molar refractivity (Wildman–Crippen MR) is 65.5 cm³/mol. The van der Waals surface area contributed by atoms with Crippen LogP contribution in [0.4, 0.5) is 0 Å². The molecule has 2 N–H and O–H groups in total. The fourth-order valence-electron chi connectivity index (χ4n) is 1.83. The molecule has 0 bridgehead atoms. The Labute approximate surface area is 106 Å². The third kappa shape index (κ3) is 3.96. The van der Waals surface area contributed by atoms with E-state index in [4.69, 9.17) is 33.7 Å². The van der Waals surface area contributed by atoms with E-state index in [9.17, 15) is 4.79 Å². The van der Waals surface area contributed by atoms with Gasteiger partial charge in [0.25, 0.3) is 0 Å². The van der Waals surface area contributed by atoms with Gasteiger partial charge in [-0.1, -0.05) is 17.7 Å². The quantitative estimate of drug-likeness (QED) is 0.485. The zero-order valence-electron chi connectivity index (χ0n) is 9.29. The van der Waals surface area contributed by atoms with Gasteiger partial charge in [0.15, 0.2) is 0 Å². The van der Waals surface area contributed by atoms with Crippen LogP contribution >= 0.6 is 23.2 Å². The number of hydrogen-bond donors (Lipinski definition) is 1. The first-order chi connectivity index (χ1) is 7.54. The van der Waals surface area contributed by atoms with Crippen LogP contribution in [0.15, 0.2) is 11.1 Å². The molecule has 0 heterocycles. The highest BCUT2D eigenvalue weighted by Gasteiger charge is 2.27. The van der Waals surface area contributed by atoms with Crippen LogP contribution in [0.5, 0.6) is 0 Å². The van der Waals surface area contributed by atoms with Crippen molar-refractivity contribution < 1.29 is 9.53 Å². The molecule has 16 heavy (non-hydrogen) atoms. The highest BCUT2D eigenvalue weighted by Crippen LogP contribution is 2.30. The van der Waals surface area contributed by atoms with Crippen LogP contribution in [0, 0.1) is 5.92 Å².